The molecule has 2 aromatic carbocycles. The molecule has 0 spiro atoms. The van der Waals surface area contributed by atoms with Gasteiger partial charge in [-0.25, -0.2) is 14.8 Å². The minimum atomic E-state index is -1.95. The third kappa shape index (κ3) is 5.03. The van der Waals surface area contributed by atoms with E-state index >= 15 is 0 Å². The Bertz CT molecular complexity index is 1440. The summed E-state index contributed by atoms with van der Waals surface area (Å²) in [7, 11) is 1.43. The fourth-order valence-electron chi connectivity index (χ4n) is 3.58. The van der Waals surface area contributed by atoms with Gasteiger partial charge in [-0.15, -0.1) is 10.2 Å². The molecule has 3 heterocycles. The highest BCUT2D eigenvalue weighted by molar-refractivity contribution is 6.21. The fourth-order valence-corrected chi connectivity index (χ4v) is 3.58. The summed E-state index contributed by atoms with van der Waals surface area (Å²) in [5.74, 6) is 0.350. The summed E-state index contributed by atoms with van der Waals surface area (Å²) in [6.07, 6.45) is 3.07. The number of carbonyl (C=O) groups excluding carboxylic acids is 3. The lowest BCUT2D eigenvalue weighted by Gasteiger charge is -2.34. The van der Waals surface area contributed by atoms with Crippen LogP contribution in [0.4, 0.5) is 4.79 Å². The summed E-state index contributed by atoms with van der Waals surface area (Å²) in [5.41, 5.74) is -1.27. The smallest absolute Gasteiger partial charge is 0.328 e. The van der Waals surface area contributed by atoms with Crippen molar-refractivity contribution in [3.8, 4) is 40.4 Å². The van der Waals surface area contributed by atoms with E-state index < -0.39 is 23.4 Å². The van der Waals surface area contributed by atoms with Crippen molar-refractivity contribution in [3.63, 3.8) is 0 Å². The van der Waals surface area contributed by atoms with E-state index in [2.05, 4.69) is 30.8 Å². The number of nitrogens with zero attached hydrogens (tertiary/aromatic N) is 4. The van der Waals surface area contributed by atoms with Crippen LogP contribution >= 0.6 is 0 Å². The first kappa shape index (κ1) is 24.5. The number of urea groups is 1. The molecule has 0 aliphatic carbocycles. The lowest BCUT2D eigenvalue weighted by Crippen LogP contribution is -2.69. The zero-order chi connectivity index (χ0) is 26.5. The molecule has 1 saturated heterocycles. The summed E-state index contributed by atoms with van der Waals surface area (Å²) in [6.45, 7) is 0.0527. The second-order valence-corrected chi connectivity index (χ2v) is 7.99. The Balaban J connectivity index is 1.26. The van der Waals surface area contributed by atoms with E-state index in [-0.39, 0.29) is 24.7 Å². The maximum Gasteiger partial charge on any atom is 0.328 e. The molecule has 0 saturated carbocycles. The van der Waals surface area contributed by atoms with Crippen LogP contribution < -0.4 is 20.1 Å². The van der Waals surface area contributed by atoms with Crippen LogP contribution in [0, 0.1) is 0 Å². The summed E-state index contributed by atoms with van der Waals surface area (Å²) in [6, 6.07) is 14.1. The molecule has 5 rings (SSSR count). The van der Waals surface area contributed by atoms with Gasteiger partial charge < -0.3 is 18.6 Å². The summed E-state index contributed by atoms with van der Waals surface area (Å²) >= 11 is 0. The molecule has 38 heavy (non-hydrogen) atoms. The Morgan fingerprint density at radius 1 is 0.816 bits per heavy atom. The van der Waals surface area contributed by atoms with Gasteiger partial charge in [-0.3, -0.25) is 20.2 Å². The van der Waals surface area contributed by atoms with Crippen molar-refractivity contribution >= 4 is 17.8 Å². The van der Waals surface area contributed by atoms with E-state index in [1.807, 2.05) is 0 Å². The molecule has 2 aromatic heterocycles. The van der Waals surface area contributed by atoms with Crippen LogP contribution in [0.5, 0.6) is 17.2 Å². The van der Waals surface area contributed by atoms with Crippen LogP contribution in [0.3, 0.4) is 0 Å². The monoisotopic (exact) mass is 516 g/mol. The molecule has 0 bridgehead atoms. The number of hydrogen-bond acceptors (Lipinski definition) is 11. The highest BCUT2D eigenvalue weighted by Gasteiger charge is 2.52. The van der Waals surface area contributed by atoms with E-state index in [9.17, 15) is 14.4 Å². The van der Waals surface area contributed by atoms with Crippen LogP contribution in [0.15, 0.2) is 71.4 Å². The Kier molecular flexibility index (Phi) is 6.74. The van der Waals surface area contributed by atoms with Gasteiger partial charge in [0.05, 0.1) is 6.61 Å². The Morgan fingerprint density at radius 3 is 2.03 bits per heavy atom. The molecule has 0 atom stereocenters. The van der Waals surface area contributed by atoms with Crippen molar-refractivity contribution in [1.29, 1.82) is 0 Å². The zero-order valence-corrected chi connectivity index (χ0v) is 19.9. The van der Waals surface area contributed by atoms with Gasteiger partial charge >= 0.3 is 6.03 Å². The first-order chi connectivity index (χ1) is 18.5. The second kappa shape index (κ2) is 10.4. The summed E-state index contributed by atoms with van der Waals surface area (Å²) < 4.78 is 22.3. The van der Waals surface area contributed by atoms with Crippen LogP contribution in [-0.2, 0) is 14.3 Å². The Morgan fingerprint density at radius 2 is 1.39 bits per heavy atom. The predicted molar refractivity (Wildman–Crippen MR) is 129 cm³/mol. The Hall–Kier alpha value is -5.17. The molecule has 2 N–H and O–H groups in total. The number of barbiturate groups is 1. The molecule has 1 aliphatic heterocycles. The topological polar surface area (TPSA) is 168 Å². The van der Waals surface area contributed by atoms with Crippen molar-refractivity contribution in [2.75, 3.05) is 13.7 Å². The van der Waals surface area contributed by atoms with Crippen LogP contribution in [0.1, 0.15) is 6.42 Å². The molecule has 1 fully saturated rings. The number of aromatic nitrogens is 4. The third-order valence-electron chi connectivity index (χ3n) is 5.48. The van der Waals surface area contributed by atoms with Gasteiger partial charge in [0.15, 0.2) is 0 Å². The molecule has 4 aromatic rings. The number of amides is 4. The number of benzene rings is 2. The number of rotatable bonds is 9. The van der Waals surface area contributed by atoms with E-state index in [1.54, 1.807) is 67.0 Å². The first-order valence-corrected chi connectivity index (χ1v) is 11.3. The molecule has 4 amide bonds. The minimum Gasteiger partial charge on any atom is -0.467 e. The molecule has 1 aliphatic rings. The zero-order valence-electron chi connectivity index (χ0n) is 19.9. The lowest BCUT2D eigenvalue weighted by molar-refractivity contribution is -0.153. The van der Waals surface area contributed by atoms with Crippen molar-refractivity contribution in [3.05, 3.63) is 67.0 Å². The van der Waals surface area contributed by atoms with Crippen molar-refractivity contribution in [2.45, 2.75) is 12.0 Å². The lowest BCUT2D eigenvalue weighted by atomic mass is 9.95. The van der Waals surface area contributed by atoms with Crippen LogP contribution in [-0.4, -0.2) is 57.3 Å². The van der Waals surface area contributed by atoms with E-state index in [0.29, 0.717) is 28.8 Å². The first-order valence-electron chi connectivity index (χ1n) is 11.3. The summed E-state index contributed by atoms with van der Waals surface area (Å²) in [5, 5.41) is 12.1. The van der Waals surface area contributed by atoms with Crippen LogP contribution in [0.2, 0.25) is 0 Å². The van der Waals surface area contributed by atoms with Crippen molar-refractivity contribution in [2.24, 2.45) is 0 Å². The van der Waals surface area contributed by atoms with Gasteiger partial charge in [0.1, 0.15) is 17.2 Å². The average Bonchev–Trinajstić information content (AvgIpc) is 3.42. The van der Waals surface area contributed by atoms with Gasteiger partial charge in [0.2, 0.25) is 11.7 Å². The highest BCUT2D eigenvalue weighted by atomic mass is 16.5. The van der Waals surface area contributed by atoms with Gasteiger partial charge in [-0.2, -0.15) is 0 Å². The van der Waals surface area contributed by atoms with E-state index in [0.717, 1.165) is 0 Å². The predicted octanol–water partition coefficient (Wildman–Crippen LogP) is 2.51. The molecule has 0 radical (unpaired) electrons. The second-order valence-electron chi connectivity index (χ2n) is 7.99. The third-order valence-corrected chi connectivity index (χ3v) is 5.48. The standard InChI is InChI=1S/C25H20N6O7/c1-35-14-11-25(22(32)28-24(34)29-23(25)33)38-18-9-7-17(8-10-18)36-16-5-3-15(4-6-16)20-30-31-21(37-20)19-26-12-2-13-27-19/h2-10,12-13H,11,14H2,1H3,(H2,28,29,32,33,34). The number of methoxy groups -OCH3 is 1. The SMILES string of the molecule is COCCC1(Oc2ccc(Oc3ccc(-c4nnc(-c5ncccn5)o4)cc3)cc2)C(=O)NC(=O)NC1=O. The molecule has 13 nitrogen and oxygen atoms in total. The van der Waals surface area contributed by atoms with Gasteiger partial charge in [0, 0.05) is 31.5 Å². The Labute approximate surface area is 215 Å². The number of nitrogens with one attached hydrogen (secondary N) is 2. The molecule has 0 unspecified atom stereocenters. The van der Waals surface area contributed by atoms with E-state index in [1.165, 1.54) is 7.11 Å². The maximum absolute atomic E-state index is 12.5. The van der Waals surface area contributed by atoms with Crippen molar-refractivity contribution in [1.82, 2.24) is 30.8 Å². The molecular formula is C25H20N6O7. The van der Waals surface area contributed by atoms with Crippen molar-refractivity contribution < 1.29 is 33.0 Å². The highest BCUT2D eigenvalue weighted by Crippen LogP contribution is 2.30. The number of ether oxygens (including phenoxy) is 3. The number of hydrogen-bond donors (Lipinski definition) is 2. The molecule has 13 heteroatoms. The molecular weight excluding hydrogens is 496 g/mol. The fraction of sp³-hybridized carbons (Fsp3) is 0.160. The van der Waals surface area contributed by atoms with Gasteiger partial charge in [-0.1, -0.05) is 0 Å². The quantitative estimate of drug-likeness (QED) is 0.314. The summed E-state index contributed by atoms with van der Waals surface area (Å²) in [4.78, 5) is 44.7. The minimum absolute atomic E-state index is 0.0527. The van der Waals surface area contributed by atoms with E-state index in [4.69, 9.17) is 18.6 Å². The average molecular weight is 516 g/mol. The molecule has 192 valence electrons. The normalized spacial score (nSPS) is 14.5. The number of carbonyl (C=O) groups is 3. The van der Waals surface area contributed by atoms with Crippen LogP contribution in [0.25, 0.3) is 23.2 Å². The van der Waals surface area contributed by atoms with Gasteiger partial charge in [0.25, 0.3) is 23.3 Å². The largest absolute Gasteiger partial charge is 0.467 e. The maximum atomic E-state index is 12.5. The number of imide groups is 2. The van der Waals surface area contributed by atoms with Gasteiger partial charge in [-0.05, 0) is 54.6 Å².